The summed E-state index contributed by atoms with van der Waals surface area (Å²) < 4.78 is 36.3. The van der Waals surface area contributed by atoms with E-state index in [0.717, 1.165) is 0 Å². The molecular weight excluding hydrogens is 545 g/mol. The fourth-order valence-electron chi connectivity index (χ4n) is 4.42. The van der Waals surface area contributed by atoms with Crippen LogP contribution in [0.4, 0.5) is 5.82 Å². The van der Waals surface area contributed by atoms with Crippen LogP contribution in [0.25, 0.3) is 4.85 Å². The van der Waals surface area contributed by atoms with Crippen molar-refractivity contribution in [2.45, 2.75) is 78.1 Å². The number of anilines is 1. The Morgan fingerprint density at radius 1 is 1.32 bits per heavy atom. The monoisotopic (exact) mass is 584 g/mol. The number of aryl methyl sites for hydroxylation is 1. The van der Waals surface area contributed by atoms with Gasteiger partial charge in [-0.05, 0) is 53.7 Å². The van der Waals surface area contributed by atoms with Crippen LogP contribution in [0.15, 0.2) is 41.3 Å². The van der Waals surface area contributed by atoms with E-state index in [1.807, 2.05) is 27.7 Å². The number of nitrogens with one attached hydrogen (secondary N) is 1. The molecule has 5 atom stereocenters. The minimum Gasteiger partial charge on any atom is -0.358 e. The van der Waals surface area contributed by atoms with Gasteiger partial charge >= 0.3 is 5.69 Å². The molecule has 0 saturated carbocycles. The molecule has 12 heteroatoms. The third-order valence-corrected chi connectivity index (χ3v) is 8.31. The average molecular weight is 585 g/mol. The third kappa shape index (κ3) is 8.21. The lowest BCUT2D eigenvalue weighted by atomic mass is 10.1. The van der Waals surface area contributed by atoms with Crippen LogP contribution >= 0.6 is 8.53 Å². The van der Waals surface area contributed by atoms with Crippen molar-refractivity contribution in [2.24, 2.45) is 0 Å². The fraction of sp³-hybridized carbons (Fsp3) is 0.517. The summed E-state index contributed by atoms with van der Waals surface area (Å²) >= 11 is 0. The lowest BCUT2D eigenvalue weighted by Crippen LogP contribution is -2.41. The number of hydrogen-bond acceptors (Lipinski definition) is 8. The molecular formula is C29H38N5O6P. The standard InChI is InChI=1S/C29H38N5O6P/c1-9-16-37-25-24(40-41(38-17-15-30-8)34(19(2)3)20(4)5)22(7)39-28(25)33-18-21(6)26(32-29(33)36)31-27(35)23-13-11-10-12-14-23/h1,10-14,18-20,22,24-25,28H,15-17H2,2-7H3,(H,31,32,35,36)/t22-,24+,25?,28-,41?/m1/s1/i7D. The number of carbonyl (C=O) groups is 1. The van der Waals surface area contributed by atoms with Gasteiger partial charge in [0.2, 0.25) is 6.54 Å². The van der Waals surface area contributed by atoms with Gasteiger partial charge in [-0.3, -0.25) is 9.36 Å². The summed E-state index contributed by atoms with van der Waals surface area (Å²) in [4.78, 5) is 33.4. The van der Waals surface area contributed by atoms with Crippen molar-refractivity contribution < 1.29 is 24.7 Å². The maximum atomic E-state index is 13.3. The summed E-state index contributed by atoms with van der Waals surface area (Å²) in [5, 5.41) is 2.69. The minimum atomic E-state index is -1.69. The highest BCUT2D eigenvalue weighted by atomic mass is 31.2. The summed E-state index contributed by atoms with van der Waals surface area (Å²) in [6.45, 7) is 17.0. The van der Waals surface area contributed by atoms with Crippen molar-refractivity contribution in [3.05, 3.63) is 69.6 Å². The zero-order valence-electron chi connectivity index (χ0n) is 25.0. The lowest BCUT2D eigenvalue weighted by Gasteiger charge is -2.37. The first-order valence-corrected chi connectivity index (χ1v) is 14.4. The second kappa shape index (κ2) is 15.2. The Morgan fingerprint density at radius 3 is 2.63 bits per heavy atom. The largest absolute Gasteiger partial charge is 0.358 e. The molecule has 0 radical (unpaired) electrons. The molecule has 1 amide bonds. The number of benzene rings is 1. The van der Waals surface area contributed by atoms with E-state index in [2.05, 4.69) is 25.7 Å². The Morgan fingerprint density at radius 2 is 2.02 bits per heavy atom. The number of terminal acetylenes is 1. The molecule has 2 aromatic rings. The van der Waals surface area contributed by atoms with Crippen molar-refractivity contribution in [3.8, 4) is 12.3 Å². The van der Waals surface area contributed by atoms with Crippen LogP contribution in [-0.4, -0.2) is 70.3 Å². The second-order valence-electron chi connectivity index (χ2n) is 9.92. The maximum Gasteiger partial charge on any atom is 0.351 e. The SMILES string of the molecule is [2H]C[C@H]1O[C@@H](n2cc(C)c(NC(=O)c3ccccc3)nc2=O)C(OCC#C)[C@H]1OP(OCC[N+]#[C-])N(C(C)C)C(C)C. The van der Waals surface area contributed by atoms with Gasteiger partial charge in [0, 0.05) is 30.8 Å². The third-order valence-electron chi connectivity index (χ3n) is 6.18. The fourth-order valence-corrected chi connectivity index (χ4v) is 6.18. The van der Waals surface area contributed by atoms with E-state index < -0.39 is 44.7 Å². The second-order valence-corrected chi connectivity index (χ2v) is 11.3. The van der Waals surface area contributed by atoms with Crippen LogP contribution in [0.1, 0.15) is 58.1 Å². The van der Waals surface area contributed by atoms with Crippen molar-refractivity contribution in [2.75, 3.05) is 25.1 Å². The van der Waals surface area contributed by atoms with E-state index >= 15 is 0 Å². The molecule has 1 aromatic carbocycles. The number of rotatable bonds is 13. The number of ether oxygens (including phenoxy) is 2. The zero-order valence-corrected chi connectivity index (χ0v) is 24.9. The van der Waals surface area contributed by atoms with Gasteiger partial charge in [-0.2, -0.15) is 4.98 Å². The predicted octanol–water partition coefficient (Wildman–Crippen LogP) is 4.41. The van der Waals surface area contributed by atoms with E-state index in [9.17, 15) is 9.59 Å². The van der Waals surface area contributed by atoms with Crippen molar-refractivity contribution in [3.63, 3.8) is 0 Å². The summed E-state index contributed by atoms with van der Waals surface area (Å²) in [5.74, 6) is 2.17. The van der Waals surface area contributed by atoms with Gasteiger partial charge in [-0.25, -0.2) is 16.0 Å². The Kier molecular flexibility index (Phi) is 11.4. The van der Waals surface area contributed by atoms with Gasteiger partial charge in [0.05, 0.1) is 6.10 Å². The van der Waals surface area contributed by atoms with E-state index in [1.54, 1.807) is 37.3 Å². The maximum absolute atomic E-state index is 13.3. The minimum absolute atomic E-state index is 0.0507. The number of nitrogens with zero attached hydrogens (tertiary/aromatic N) is 4. The van der Waals surface area contributed by atoms with Crippen LogP contribution in [0.5, 0.6) is 0 Å². The van der Waals surface area contributed by atoms with E-state index in [1.165, 1.54) is 10.8 Å². The van der Waals surface area contributed by atoms with Crippen LogP contribution in [0.3, 0.4) is 0 Å². The molecule has 1 saturated heterocycles. The van der Waals surface area contributed by atoms with Gasteiger partial charge in [0.25, 0.3) is 14.4 Å². The number of aromatic nitrogens is 2. The molecule has 0 spiro atoms. The highest BCUT2D eigenvalue weighted by Crippen LogP contribution is 2.50. The molecule has 220 valence electrons. The summed E-state index contributed by atoms with van der Waals surface area (Å²) in [5.41, 5.74) is 0.254. The molecule has 1 N–H and O–H groups in total. The first-order valence-electron chi connectivity index (χ1n) is 14.0. The van der Waals surface area contributed by atoms with Crippen LogP contribution in [0, 0.1) is 25.8 Å². The van der Waals surface area contributed by atoms with Crippen molar-refractivity contribution in [1.29, 1.82) is 0 Å². The molecule has 2 unspecified atom stereocenters. The lowest BCUT2D eigenvalue weighted by molar-refractivity contribution is -0.0593. The first-order chi connectivity index (χ1) is 20.1. The van der Waals surface area contributed by atoms with Crippen molar-refractivity contribution >= 4 is 20.3 Å². The smallest absolute Gasteiger partial charge is 0.351 e. The first kappa shape index (κ1) is 30.8. The molecule has 41 heavy (non-hydrogen) atoms. The van der Waals surface area contributed by atoms with E-state index in [0.29, 0.717) is 11.1 Å². The summed E-state index contributed by atoms with van der Waals surface area (Å²) in [7, 11) is -1.69. The summed E-state index contributed by atoms with van der Waals surface area (Å²) in [6, 6.07) is 8.70. The highest BCUT2D eigenvalue weighted by molar-refractivity contribution is 7.44. The quantitative estimate of drug-likeness (QED) is 0.160. The van der Waals surface area contributed by atoms with Crippen molar-refractivity contribution in [1.82, 2.24) is 14.2 Å². The molecule has 3 rings (SSSR count). The molecule has 1 fully saturated rings. The normalized spacial score (nSPS) is 21.5. The average Bonchev–Trinajstić information content (AvgIpc) is 3.30. The molecule has 0 bridgehead atoms. The zero-order chi connectivity index (χ0) is 30.8. The topological polar surface area (TPSA) is 109 Å². The number of hydrogen-bond donors (Lipinski definition) is 1. The number of carbonyl (C=O) groups excluding carboxylic acids is 1. The molecule has 1 aliphatic rings. The Labute approximate surface area is 244 Å². The molecule has 0 aliphatic carbocycles. The van der Waals surface area contributed by atoms with Crippen LogP contribution in [0.2, 0.25) is 0 Å². The van der Waals surface area contributed by atoms with Gasteiger partial charge in [0.15, 0.2) is 6.23 Å². The summed E-state index contributed by atoms with van der Waals surface area (Å²) in [6.07, 6.45) is 3.55. The highest BCUT2D eigenvalue weighted by Gasteiger charge is 2.48. The molecule has 1 aliphatic heterocycles. The Bertz CT molecular complexity index is 1320. The van der Waals surface area contributed by atoms with Gasteiger partial charge < -0.3 is 28.7 Å². The molecule has 2 heterocycles. The Hall–Kier alpha value is -3.15. The van der Waals surface area contributed by atoms with Crippen LogP contribution < -0.4 is 11.0 Å². The van der Waals surface area contributed by atoms with Gasteiger partial charge in [-0.1, -0.05) is 24.1 Å². The van der Waals surface area contributed by atoms with E-state index in [-0.39, 0.29) is 44.6 Å². The number of amides is 1. The van der Waals surface area contributed by atoms with Crippen LogP contribution in [-0.2, 0) is 18.5 Å². The molecule has 11 nitrogen and oxygen atoms in total. The predicted molar refractivity (Wildman–Crippen MR) is 157 cm³/mol. The van der Waals surface area contributed by atoms with Gasteiger partial charge in [0.1, 0.15) is 31.2 Å². The van der Waals surface area contributed by atoms with E-state index in [4.69, 9.17) is 32.9 Å². The van der Waals surface area contributed by atoms with Gasteiger partial charge in [-0.15, -0.1) is 6.42 Å². The Balaban J connectivity index is 1.95. The molecule has 1 aromatic heterocycles.